The average Bonchev–Trinajstić information content (AvgIpc) is 2.55. The third kappa shape index (κ3) is 2.47. The molecule has 2 fully saturated rings. The van der Waals surface area contributed by atoms with Crippen LogP contribution in [-0.4, -0.2) is 11.7 Å². The molecule has 4 rings (SSSR count). The fraction of sp³-hybridized carbons (Fsp3) is 0.421. The summed E-state index contributed by atoms with van der Waals surface area (Å²) < 4.78 is 14.0. The minimum absolute atomic E-state index is 0.113. The SMILES string of the molecule is Fc1ccc(-c2ccccn2)c(B2C3CCCC2CCC3)c1. The summed E-state index contributed by atoms with van der Waals surface area (Å²) in [6, 6.07) is 11.3. The number of pyridine rings is 1. The van der Waals surface area contributed by atoms with Crippen LogP contribution in [0.1, 0.15) is 38.5 Å². The second-order valence-corrected chi connectivity index (χ2v) is 6.85. The van der Waals surface area contributed by atoms with Crippen LogP contribution in [0.3, 0.4) is 0 Å². The van der Waals surface area contributed by atoms with Crippen molar-refractivity contribution in [1.82, 2.24) is 4.98 Å². The van der Waals surface area contributed by atoms with Crippen molar-refractivity contribution >= 4 is 12.2 Å². The average molecular weight is 293 g/mol. The van der Waals surface area contributed by atoms with Crippen LogP contribution in [0.25, 0.3) is 11.3 Å². The zero-order valence-corrected chi connectivity index (χ0v) is 12.8. The van der Waals surface area contributed by atoms with Crippen LogP contribution in [0.15, 0.2) is 42.6 Å². The summed E-state index contributed by atoms with van der Waals surface area (Å²) in [5, 5.41) is 0. The highest BCUT2D eigenvalue weighted by Crippen LogP contribution is 2.46. The minimum Gasteiger partial charge on any atom is -0.256 e. The number of hydrogen-bond donors (Lipinski definition) is 0. The monoisotopic (exact) mass is 293 g/mol. The zero-order chi connectivity index (χ0) is 14.9. The molecule has 22 heavy (non-hydrogen) atoms. The molecule has 0 aliphatic carbocycles. The van der Waals surface area contributed by atoms with Crippen LogP contribution in [0, 0.1) is 5.82 Å². The molecule has 0 saturated carbocycles. The number of benzene rings is 1. The summed E-state index contributed by atoms with van der Waals surface area (Å²) in [6.45, 7) is 0.523. The molecular weight excluding hydrogens is 272 g/mol. The first-order valence-corrected chi connectivity index (χ1v) is 8.54. The van der Waals surface area contributed by atoms with Gasteiger partial charge in [0, 0.05) is 6.20 Å². The second kappa shape index (κ2) is 5.87. The lowest BCUT2D eigenvalue weighted by Crippen LogP contribution is -2.45. The van der Waals surface area contributed by atoms with Gasteiger partial charge in [-0.3, -0.25) is 4.98 Å². The number of fused-ring (bicyclic) bond motifs is 2. The molecule has 1 nitrogen and oxygen atoms in total. The van der Waals surface area contributed by atoms with Gasteiger partial charge in [0.05, 0.1) is 5.69 Å². The van der Waals surface area contributed by atoms with Gasteiger partial charge in [0.1, 0.15) is 5.82 Å². The highest BCUT2D eigenvalue weighted by Gasteiger charge is 2.41. The van der Waals surface area contributed by atoms with Crippen LogP contribution in [0.2, 0.25) is 11.6 Å². The van der Waals surface area contributed by atoms with E-state index in [1.54, 1.807) is 12.1 Å². The van der Waals surface area contributed by atoms with Crippen molar-refractivity contribution < 1.29 is 4.39 Å². The van der Waals surface area contributed by atoms with Crippen LogP contribution >= 0.6 is 0 Å². The maximum Gasteiger partial charge on any atom is 0.183 e. The predicted octanol–water partition coefficient (Wildman–Crippen LogP) is 4.70. The standard InChI is InChI=1S/C19H21BFN/c21-16-10-11-17(19-9-1-2-12-22-19)18(13-16)20-14-5-3-6-15(20)8-4-7-14/h1-2,9-15H,3-8H2. The molecule has 0 N–H and O–H groups in total. The van der Waals surface area contributed by atoms with Crippen molar-refractivity contribution in [3.05, 3.63) is 48.4 Å². The Bertz CT molecular complexity index is 636. The largest absolute Gasteiger partial charge is 0.256 e. The molecule has 0 radical (unpaired) electrons. The maximum absolute atomic E-state index is 14.0. The van der Waals surface area contributed by atoms with Gasteiger partial charge in [-0.25, -0.2) is 4.39 Å². The second-order valence-electron chi connectivity index (χ2n) is 6.85. The van der Waals surface area contributed by atoms with Gasteiger partial charge in [-0.2, -0.15) is 0 Å². The van der Waals surface area contributed by atoms with Crippen molar-refractivity contribution in [2.45, 2.75) is 50.2 Å². The fourth-order valence-electron chi connectivity index (χ4n) is 4.75. The molecule has 1 aromatic carbocycles. The van der Waals surface area contributed by atoms with Crippen LogP contribution in [0.5, 0.6) is 0 Å². The normalized spacial score (nSPS) is 24.3. The Morgan fingerprint density at radius 3 is 2.32 bits per heavy atom. The topological polar surface area (TPSA) is 12.9 Å². The van der Waals surface area contributed by atoms with Gasteiger partial charge in [0.25, 0.3) is 0 Å². The van der Waals surface area contributed by atoms with Crippen LogP contribution in [0.4, 0.5) is 4.39 Å². The third-order valence-corrected chi connectivity index (χ3v) is 5.63. The van der Waals surface area contributed by atoms with E-state index >= 15 is 0 Å². The maximum atomic E-state index is 14.0. The third-order valence-electron chi connectivity index (χ3n) is 5.63. The molecule has 0 spiro atoms. The summed E-state index contributed by atoms with van der Waals surface area (Å²) in [6.07, 6.45) is 9.74. The van der Waals surface area contributed by atoms with E-state index in [4.69, 9.17) is 0 Å². The van der Waals surface area contributed by atoms with Crippen LogP contribution < -0.4 is 5.46 Å². The van der Waals surface area contributed by atoms with E-state index in [0.29, 0.717) is 6.71 Å². The Labute approximate surface area is 132 Å². The smallest absolute Gasteiger partial charge is 0.183 e. The predicted molar refractivity (Wildman–Crippen MR) is 90.2 cm³/mol. The lowest BCUT2D eigenvalue weighted by atomic mass is 9.24. The highest BCUT2D eigenvalue weighted by molar-refractivity contribution is 6.77. The molecule has 3 heterocycles. The van der Waals surface area contributed by atoms with E-state index in [-0.39, 0.29) is 5.82 Å². The zero-order valence-electron chi connectivity index (χ0n) is 12.8. The summed E-state index contributed by atoms with van der Waals surface area (Å²) in [4.78, 5) is 4.51. The summed E-state index contributed by atoms with van der Waals surface area (Å²) >= 11 is 0. The lowest BCUT2D eigenvalue weighted by Gasteiger charge is -2.41. The van der Waals surface area contributed by atoms with Gasteiger partial charge in [0.2, 0.25) is 0 Å². The van der Waals surface area contributed by atoms with Gasteiger partial charge < -0.3 is 0 Å². The Balaban J connectivity index is 1.82. The summed E-state index contributed by atoms with van der Waals surface area (Å²) in [5.41, 5.74) is 3.31. The van der Waals surface area contributed by atoms with Crippen molar-refractivity contribution in [1.29, 1.82) is 0 Å². The van der Waals surface area contributed by atoms with Crippen molar-refractivity contribution in [2.75, 3.05) is 0 Å². The Morgan fingerprint density at radius 2 is 1.68 bits per heavy atom. The molecule has 2 aromatic rings. The summed E-state index contributed by atoms with van der Waals surface area (Å²) in [5.74, 6) is 1.35. The van der Waals surface area contributed by atoms with E-state index in [2.05, 4.69) is 4.98 Å². The molecule has 2 aliphatic rings. The molecule has 2 saturated heterocycles. The van der Waals surface area contributed by atoms with Gasteiger partial charge >= 0.3 is 0 Å². The number of nitrogens with zero attached hydrogens (tertiary/aromatic N) is 1. The first kappa shape index (κ1) is 14.0. The Morgan fingerprint density at radius 1 is 0.955 bits per heavy atom. The van der Waals surface area contributed by atoms with Crippen molar-refractivity contribution in [2.24, 2.45) is 0 Å². The van der Waals surface area contributed by atoms with E-state index in [0.717, 1.165) is 22.9 Å². The Kier molecular flexibility index (Phi) is 3.73. The summed E-state index contributed by atoms with van der Waals surface area (Å²) in [7, 11) is 0. The first-order chi connectivity index (χ1) is 10.8. The van der Waals surface area contributed by atoms with Crippen molar-refractivity contribution in [3.63, 3.8) is 0 Å². The first-order valence-electron chi connectivity index (χ1n) is 8.54. The number of aromatic nitrogens is 1. The molecule has 2 aliphatic heterocycles. The molecule has 112 valence electrons. The van der Waals surface area contributed by atoms with Gasteiger partial charge in [0.15, 0.2) is 6.71 Å². The molecule has 1 aromatic heterocycles. The van der Waals surface area contributed by atoms with E-state index in [1.807, 2.05) is 30.5 Å². The highest BCUT2D eigenvalue weighted by atomic mass is 19.1. The van der Waals surface area contributed by atoms with Gasteiger partial charge in [-0.05, 0) is 29.8 Å². The van der Waals surface area contributed by atoms with E-state index in [9.17, 15) is 4.39 Å². The number of halogens is 1. The minimum atomic E-state index is -0.113. The number of rotatable bonds is 2. The number of hydrogen-bond acceptors (Lipinski definition) is 1. The molecule has 3 heteroatoms. The van der Waals surface area contributed by atoms with Crippen LogP contribution in [-0.2, 0) is 0 Å². The lowest BCUT2D eigenvalue weighted by molar-refractivity contribution is 0.448. The molecule has 0 atom stereocenters. The molecular formula is C19H21BFN. The quantitative estimate of drug-likeness (QED) is 0.731. The van der Waals surface area contributed by atoms with E-state index in [1.165, 1.54) is 44.0 Å². The molecule has 0 unspecified atom stereocenters. The molecule has 0 amide bonds. The molecule has 2 bridgehead atoms. The van der Waals surface area contributed by atoms with Gasteiger partial charge in [-0.15, -0.1) is 0 Å². The van der Waals surface area contributed by atoms with Gasteiger partial charge in [-0.1, -0.05) is 67.8 Å². The van der Waals surface area contributed by atoms with E-state index < -0.39 is 0 Å². The van der Waals surface area contributed by atoms with Crippen molar-refractivity contribution in [3.8, 4) is 11.3 Å². The fourth-order valence-corrected chi connectivity index (χ4v) is 4.75. The Hall–Kier alpha value is -1.64.